The van der Waals surface area contributed by atoms with E-state index in [4.69, 9.17) is 10.7 Å². The highest BCUT2D eigenvalue weighted by Crippen LogP contribution is 2.33. The number of benzene rings is 1. The van der Waals surface area contributed by atoms with Gasteiger partial charge in [-0.2, -0.15) is 11.8 Å². The van der Waals surface area contributed by atoms with Gasteiger partial charge in [0.1, 0.15) is 0 Å². The number of nitrogens with zero attached hydrogens (tertiary/aromatic N) is 2. The first-order chi connectivity index (χ1) is 11.2. The van der Waals surface area contributed by atoms with Gasteiger partial charge in [-0.3, -0.25) is 4.79 Å². The van der Waals surface area contributed by atoms with E-state index in [1.54, 1.807) is 23.1 Å². The van der Waals surface area contributed by atoms with E-state index in [-0.39, 0.29) is 11.9 Å². The zero-order valence-corrected chi connectivity index (χ0v) is 15.0. The molecule has 23 heavy (non-hydrogen) atoms. The second kappa shape index (κ2) is 7.64. The molecule has 0 spiro atoms. The maximum absolute atomic E-state index is 12.4. The zero-order valence-electron chi connectivity index (χ0n) is 13.4. The zero-order chi connectivity index (χ0) is 16.2. The Bertz CT molecular complexity index is 632. The number of likely N-dealkylation sites (tertiary alicyclic amines) is 1. The van der Waals surface area contributed by atoms with Crippen LogP contribution in [0.5, 0.6) is 0 Å². The molecule has 6 heteroatoms. The Hall–Kier alpha value is -1.11. The van der Waals surface area contributed by atoms with E-state index in [0.29, 0.717) is 5.92 Å². The molecule has 3 rings (SSSR count). The fraction of sp³-hybridized carbons (Fsp3) is 0.529. The van der Waals surface area contributed by atoms with Crippen molar-refractivity contribution in [3.63, 3.8) is 0 Å². The molecule has 1 aliphatic rings. The third-order valence-electron chi connectivity index (χ3n) is 4.42. The fourth-order valence-electron chi connectivity index (χ4n) is 3.01. The van der Waals surface area contributed by atoms with E-state index in [1.807, 2.05) is 17.2 Å². The molecule has 0 saturated carbocycles. The summed E-state index contributed by atoms with van der Waals surface area (Å²) in [5, 5.41) is 1.21. The van der Waals surface area contributed by atoms with Crippen LogP contribution in [0.25, 0.3) is 10.2 Å². The van der Waals surface area contributed by atoms with Crippen molar-refractivity contribution in [1.29, 1.82) is 0 Å². The maximum Gasteiger partial charge on any atom is 0.239 e. The number of thioether (sulfide) groups is 1. The van der Waals surface area contributed by atoms with E-state index in [2.05, 4.69) is 18.2 Å². The normalized spacial score (nSPS) is 17.6. The predicted octanol–water partition coefficient (Wildman–Crippen LogP) is 3.08. The van der Waals surface area contributed by atoms with E-state index in [1.165, 1.54) is 9.71 Å². The van der Waals surface area contributed by atoms with Gasteiger partial charge < -0.3 is 10.6 Å². The maximum atomic E-state index is 12.4. The second-order valence-corrected chi connectivity index (χ2v) is 8.06. The fourth-order valence-corrected chi connectivity index (χ4v) is 4.64. The molecule has 0 aliphatic carbocycles. The number of thiazole rings is 1. The van der Waals surface area contributed by atoms with Crippen LogP contribution in [-0.4, -0.2) is 46.9 Å². The van der Waals surface area contributed by atoms with Gasteiger partial charge in [-0.05, 0) is 43.4 Å². The van der Waals surface area contributed by atoms with E-state index >= 15 is 0 Å². The predicted molar refractivity (Wildman–Crippen MR) is 99.1 cm³/mol. The highest BCUT2D eigenvalue weighted by Gasteiger charge is 2.28. The van der Waals surface area contributed by atoms with Gasteiger partial charge in [0.05, 0.1) is 21.3 Å². The Morgan fingerprint density at radius 2 is 2.17 bits per heavy atom. The number of aromatic nitrogens is 1. The van der Waals surface area contributed by atoms with E-state index in [9.17, 15) is 4.79 Å². The number of nitrogens with two attached hydrogens (primary N) is 1. The summed E-state index contributed by atoms with van der Waals surface area (Å²) >= 11 is 3.52. The number of hydrogen-bond acceptors (Lipinski definition) is 5. The quantitative estimate of drug-likeness (QED) is 0.901. The van der Waals surface area contributed by atoms with Crippen molar-refractivity contribution in [2.24, 2.45) is 5.73 Å². The van der Waals surface area contributed by atoms with Gasteiger partial charge >= 0.3 is 0 Å². The van der Waals surface area contributed by atoms with Crippen molar-refractivity contribution in [1.82, 2.24) is 9.88 Å². The minimum Gasteiger partial charge on any atom is -0.341 e. The van der Waals surface area contributed by atoms with Crippen LogP contribution in [0.4, 0.5) is 0 Å². The van der Waals surface area contributed by atoms with Crippen LogP contribution in [0.3, 0.4) is 0 Å². The van der Waals surface area contributed by atoms with Crippen LogP contribution in [0, 0.1) is 0 Å². The second-order valence-electron chi connectivity index (χ2n) is 6.01. The topological polar surface area (TPSA) is 59.2 Å². The number of hydrogen-bond donors (Lipinski definition) is 1. The number of carbonyl (C=O) groups excluding carboxylic acids is 1. The number of rotatable bonds is 5. The lowest BCUT2D eigenvalue weighted by atomic mass is 9.97. The molecular formula is C17H23N3OS2. The van der Waals surface area contributed by atoms with Crippen molar-refractivity contribution >= 4 is 39.2 Å². The highest BCUT2D eigenvalue weighted by atomic mass is 32.2. The summed E-state index contributed by atoms with van der Waals surface area (Å²) in [5.41, 5.74) is 7.10. The molecule has 1 fully saturated rings. The van der Waals surface area contributed by atoms with Crippen molar-refractivity contribution in [2.45, 2.75) is 31.2 Å². The Morgan fingerprint density at radius 3 is 2.87 bits per heavy atom. The monoisotopic (exact) mass is 349 g/mol. The molecule has 1 amide bonds. The van der Waals surface area contributed by atoms with Gasteiger partial charge in [0.15, 0.2) is 0 Å². The molecule has 1 atom stereocenters. The molecule has 1 saturated heterocycles. The lowest BCUT2D eigenvalue weighted by molar-refractivity contribution is -0.133. The average Bonchev–Trinajstić information content (AvgIpc) is 3.03. The molecule has 4 nitrogen and oxygen atoms in total. The Labute approximate surface area is 145 Å². The van der Waals surface area contributed by atoms with Crippen LogP contribution < -0.4 is 5.73 Å². The molecular weight excluding hydrogens is 326 g/mol. The first kappa shape index (κ1) is 16.7. The minimum atomic E-state index is -0.346. The summed E-state index contributed by atoms with van der Waals surface area (Å²) in [4.78, 5) is 19.1. The third-order valence-corrected chi connectivity index (χ3v) is 6.26. The minimum absolute atomic E-state index is 0.113. The number of para-hydroxylation sites is 1. The largest absolute Gasteiger partial charge is 0.341 e. The lowest BCUT2D eigenvalue weighted by Crippen LogP contribution is -2.47. The smallest absolute Gasteiger partial charge is 0.239 e. The summed E-state index contributed by atoms with van der Waals surface area (Å²) in [7, 11) is 0. The van der Waals surface area contributed by atoms with Crippen LogP contribution in [0.15, 0.2) is 24.3 Å². The van der Waals surface area contributed by atoms with Gasteiger partial charge in [0.2, 0.25) is 5.91 Å². The molecule has 1 aromatic carbocycles. The standard InChI is InChI=1S/C17H23N3OS2/c1-22-11-8-13(18)17(21)20-9-6-12(7-10-20)16-19-14-4-2-3-5-15(14)23-16/h2-5,12-13H,6-11,18H2,1H3/t13-/m1/s1. The summed E-state index contributed by atoms with van der Waals surface area (Å²) in [6, 6.07) is 7.94. The molecule has 0 unspecified atom stereocenters. The number of piperidine rings is 1. The van der Waals surface area contributed by atoms with Crippen molar-refractivity contribution in [3.8, 4) is 0 Å². The summed E-state index contributed by atoms with van der Waals surface area (Å²) in [5.74, 6) is 1.52. The van der Waals surface area contributed by atoms with Crippen molar-refractivity contribution in [2.75, 3.05) is 25.1 Å². The van der Waals surface area contributed by atoms with Gasteiger partial charge in [-0.1, -0.05) is 12.1 Å². The van der Waals surface area contributed by atoms with Crippen molar-refractivity contribution < 1.29 is 4.79 Å². The van der Waals surface area contributed by atoms with Crippen LogP contribution in [0.2, 0.25) is 0 Å². The molecule has 2 heterocycles. The first-order valence-corrected chi connectivity index (χ1v) is 10.3. The van der Waals surface area contributed by atoms with Crippen molar-refractivity contribution in [3.05, 3.63) is 29.3 Å². The van der Waals surface area contributed by atoms with E-state index in [0.717, 1.165) is 43.6 Å². The molecule has 2 N–H and O–H groups in total. The van der Waals surface area contributed by atoms with E-state index < -0.39 is 0 Å². The van der Waals surface area contributed by atoms with Gasteiger partial charge in [-0.15, -0.1) is 11.3 Å². The molecule has 1 aliphatic heterocycles. The number of carbonyl (C=O) groups is 1. The molecule has 1 aromatic heterocycles. The average molecular weight is 350 g/mol. The summed E-state index contributed by atoms with van der Waals surface area (Å²) < 4.78 is 1.25. The summed E-state index contributed by atoms with van der Waals surface area (Å²) in [6.45, 7) is 1.60. The first-order valence-electron chi connectivity index (χ1n) is 8.08. The molecule has 0 radical (unpaired) electrons. The van der Waals surface area contributed by atoms with Gasteiger partial charge in [-0.25, -0.2) is 4.98 Å². The highest BCUT2D eigenvalue weighted by molar-refractivity contribution is 7.98. The number of fused-ring (bicyclic) bond motifs is 1. The molecule has 0 bridgehead atoms. The van der Waals surface area contributed by atoms with Gasteiger partial charge in [0.25, 0.3) is 0 Å². The lowest BCUT2D eigenvalue weighted by Gasteiger charge is -2.32. The Morgan fingerprint density at radius 1 is 1.43 bits per heavy atom. The number of amides is 1. The molecule has 2 aromatic rings. The summed E-state index contributed by atoms with van der Waals surface area (Å²) in [6.07, 6.45) is 4.78. The molecule has 124 valence electrons. The van der Waals surface area contributed by atoms with Crippen LogP contribution in [0.1, 0.15) is 30.2 Å². The SMILES string of the molecule is CSCC[C@@H](N)C(=O)N1CCC(c2nc3ccccc3s2)CC1. The van der Waals surface area contributed by atoms with Crippen LogP contribution >= 0.6 is 23.1 Å². The van der Waals surface area contributed by atoms with Gasteiger partial charge in [0, 0.05) is 19.0 Å². The Kier molecular flexibility index (Phi) is 5.56. The third kappa shape index (κ3) is 3.87. The van der Waals surface area contributed by atoms with Crippen LogP contribution in [-0.2, 0) is 4.79 Å². The Balaban J connectivity index is 1.58.